The van der Waals surface area contributed by atoms with Crippen LogP contribution in [0.4, 0.5) is 0 Å². The van der Waals surface area contributed by atoms with Crippen LogP contribution >= 0.6 is 0 Å². The van der Waals surface area contributed by atoms with Crippen LogP contribution < -0.4 is 0 Å². The number of hydrogen-bond donors (Lipinski definition) is 2. The topological polar surface area (TPSA) is 101 Å². The van der Waals surface area contributed by atoms with Crippen molar-refractivity contribution in [2.24, 2.45) is 5.92 Å². The predicted octanol–water partition coefficient (Wildman–Crippen LogP) is 2.99. The van der Waals surface area contributed by atoms with E-state index in [1.807, 2.05) is 0 Å². The van der Waals surface area contributed by atoms with Gasteiger partial charge in [-0.05, 0) is 6.42 Å². The maximum Gasteiger partial charge on any atom is 0.349 e. The molecule has 0 radical (unpaired) electrons. The molecule has 0 aromatic rings. The number of carbonyl (C=O) groups is 3. The Bertz CT molecular complexity index is 405. The van der Waals surface area contributed by atoms with Gasteiger partial charge in [0.15, 0.2) is 0 Å². The molecule has 1 aliphatic rings. The van der Waals surface area contributed by atoms with Crippen LogP contribution in [0.15, 0.2) is 0 Å². The van der Waals surface area contributed by atoms with E-state index in [0.717, 1.165) is 19.3 Å². The van der Waals surface area contributed by atoms with Gasteiger partial charge < -0.3 is 14.9 Å². The molecule has 126 valence electrons. The average Bonchev–Trinajstić information content (AvgIpc) is 2.84. The minimum absolute atomic E-state index is 0.0346. The summed E-state index contributed by atoms with van der Waals surface area (Å²) in [5.41, 5.74) is -1.88. The zero-order valence-electron chi connectivity index (χ0n) is 13.2. The molecule has 0 amide bonds. The van der Waals surface area contributed by atoms with Gasteiger partial charge in [0.05, 0.1) is 0 Å². The lowest BCUT2D eigenvalue weighted by atomic mass is 9.81. The molecule has 0 aromatic carbocycles. The van der Waals surface area contributed by atoms with Gasteiger partial charge in [0.2, 0.25) is 5.60 Å². The second-order valence-corrected chi connectivity index (χ2v) is 5.97. The van der Waals surface area contributed by atoms with E-state index in [9.17, 15) is 24.6 Å². The molecule has 0 bridgehead atoms. The molecule has 0 saturated carbocycles. The zero-order chi connectivity index (χ0) is 16.6. The van der Waals surface area contributed by atoms with E-state index >= 15 is 0 Å². The number of aliphatic carboxylic acids is 2. The van der Waals surface area contributed by atoms with Gasteiger partial charge in [-0.1, -0.05) is 51.9 Å². The summed E-state index contributed by atoms with van der Waals surface area (Å²) in [6.07, 6.45) is 7.33. The van der Waals surface area contributed by atoms with Crippen LogP contribution in [0.3, 0.4) is 0 Å². The van der Waals surface area contributed by atoms with Crippen molar-refractivity contribution >= 4 is 17.9 Å². The summed E-state index contributed by atoms with van der Waals surface area (Å²) in [4.78, 5) is 34.2. The second kappa shape index (κ2) is 8.76. The van der Waals surface area contributed by atoms with E-state index in [-0.39, 0.29) is 19.3 Å². The van der Waals surface area contributed by atoms with Gasteiger partial charge in [0, 0.05) is 12.8 Å². The Morgan fingerprint density at radius 3 is 2.18 bits per heavy atom. The summed E-state index contributed by atoms with van der Waals surface area (Å²) in [7, 11) is 0. The molecule has 1 fully saturated rings. The van der Waals surface area contributed by atoms with E-state index in [2.05, 4.69) is 6.92 Å². The Labute approximate surface area is 130 Å². The quantitative estimate of drug-likeness (QED) is 0.449. The SMILES string of the molecule is CCCCCCCCCC(C(=O)O)C1(C(=O)O)CCC(=O)O1. The predicted molar refractivity (Wildman–Crippen MR) is 79.4 cm³/mol. The first-order valence-electron chi connectivity index (χ1n) is 8.12. The van der Waals surface area contributed by atoms with E-state index in [1.54, 1.807) is 0 Å². The summed E-state index contributed by atoms with van der Waals surface area (Å²) in [5.74, 6) is -4.36. The third-order valence-electron chi connectivity index (χ3n) is 4.32. The summed E-state index contributed by atoms with van der Waals surface area (Å²) >= 11 is 0. The molecule has 6 nitrogen and oxygen atoms in total. The smallest absolute Gasteiger partial charge is 0.349 e. The van der Waals surface area contributed by atoms with E-state index < -0.39 is 29.4 Å². The third-order valence-corrected chi connectivity index (χ3v) is 4.32. The van der Waals surface area contributed by atoms with Gasteiger partial charge >= 0.3 is 17.9 Å². The van der Waals surface area contributed by atoms with Crippen molar-refractivity contribution in [3.05, 3.63) is 0 Å². The first-order chi connectivity index (χ1) is 10.4. The first-order valence-corrected chi connectivity index (χ1v) is 8.12. The van der Waals surface area contributed by atoms with Gasteiger partial charge in [0.1, 0.15) is 5.92 Å². The Balaban J connectivity index is 2.52. The fraction of sp³-hybridized carbons (Fsp3) is 0.812. The van der Waals surface area contributed by atoms with Crippen molar-refractivity contribution in [3.63, 3.8) is 0 Å². The Morgan fingerprint density at radius 2 is 1.73 bits per heavy atom. The highest BCUT2D eigenvalue weighted by molar-refractivity contribution is 5.90. The van der Waals surface area contributed by atoms with Crippen LogP contribution in [0, 0.1) is 5.92 Å². The fourth-order valence-electron chi connectivity index (χ4n) is 3.00. The highest BCUT2D eigenvalue weighted by atomic mass is 16.6. The fourth-order valence-corrected chi connectivity index (χ4v) is 3.00. The third kappa shape index (κ3) is 4.71. The maximum atomic E-state index is 11.5. The van der Waals surface area contributed by atoms with Gasteiger partial charge in [0.25, 0.3) is 0 Å². The highest BCUT2D eigenvalue weighted by Gasteiger charge is 2.56. The molecule has 1 aliphatic heterocycles. The van der Waals surface area contributed by atoms with Gasteiger partial charge in [-0.25, -0.2) is 4.79 Å². The maximum absolute atomic E-state index is 11.5. The minimum Gasteiger partial charge on any atom is -0.481 e. The number of unbranched alkanes of at least 4 members (excludes halogenated alkanes) is 6. The molecular weight excluding hydrogens is 288 g/mol. The standard InChI is InChI=1S/C16H26O6/c1-2-3-4-5-6-7-8-9-12(14(18)19)16(15(20)21)11-10-13(17)22-16/h12H,2-11H2,1H3,(H,18,19)(H,20,21). The molecule has 2 unspecified atom stereocenters. The number of carboxylic acids is 2. The summed E-state index contributed by atoms with van der Waals surface area (Å²) < 4.78 is 4.92. The molecular formula is C16H26O6. The lowest BCUT2D eigenvalue weighted by Gasteiger charge is -2.29. The Hall–Kier alpha value is -1.59. The van der Waals surface area contributed by atoms with Crippen LogP contribution in [0.2, 0.25) is 0 Å². The number of carbonyl (C=O) groups excluding carboxylic acids is 1. The lowest BCUT2D eigenvalue weighted by Crippen LogP contribution is -2.49. The molecule has 1 saturated heterocycles. The highest BCUT2D eigenvalue weighted by Crippen LogP contribution is 2.37. The molecule has 1 rings (SSSR count). The van der Waals surface area contributed by atoms with E-state index in [0.29, 0.717) is 6.42 Å². The molecule has 0 aromatic heterocycles. The van der Waals surface area contributed by atoms with Crippen molar-refractivity contribution in [2.75, 3.05) is 0 Å². The number of ether oxygens (including phenoxy) is 1. The molecule has 22 heavy (non-hydrogen) atoms. The van der Waals surface area contributed by atoms with Crippen LogP contribution in [0.1, 0.15) is 71.1 Å². The van der Waals surface area contributed by atoms with Gasteiger partial charge in [-0.3, -0.25) is 9.59 Å². The van der Waals surface area contributed by atoms with Crippen LogP contribution in [-0.2, 0) is 19.1 Å². The first kappa shape index (κ1) is 18.5. The van der Waals surface area contributed by atoms with Crippen molar-refractivity contribution in [1.82, 2.24) is 0 Å². The largest absolute Gasteiger partial charge is 0.481 e. The van der Waals surface area contributed by atoms with Crippen molar-refractivity contribution in [1.29, 1.82) is 0 Å². The van der Waals surface area contributed by atoms with Crippen molar-refractivity contribution in [3.8, 4) is 0 Å². The number of hydrogen-bond acceptors (Lipinski definition) is 4. The second-order valence-electron chi connectivity index (χ2n) is 5.97. The molecule has 1 heterocycles. The van der Waals surface area contributed by atoms with Crippen LogP contribution in [-0.4, -0.2) is 33.7 Å². The zero-order valence-corrected chi connectivity index (χ0v) is 13.2. The van der Waals surface area contributed by atoms with Crippen molar-refractivity contribution < 1.29 is 29.3 Å². The molecule has 0 spiro atoms. The summed E-state index contributed by atoms with van der Waals surface area (Å²) in [6, 6.07) is 0. The van der Waals surface area contributed by atoms with E-state index in [1.165, 1.54) is 19.3 Å². The number of carboxylic acid groups (broad SMARTS) is 2. The normalized spacial score (nSPS) is 22.3. The van der Waals surface area contributed by atoms with Gasteiger partial charge in [-0.2, -0.15) is 0 Å². The van der Waals surface area contributed by atoms with Crippen LogP contribution in [0.25, 0.3) is 0 Å². The monoisotopic (exact) mass is 314 g/mol. The minimum atomic E-state index is -1.88. The number of cyclic esters (lactones) is 1. The molecule has 6 heteroatoms. The molecule has 0 aliphatic carbocycles. The van der Waals surface area contributed by atoms with Crippen LogP contribution in [0.5, 0.6) is 0 Å². The van der Waals surface area contributed by atoms with Crippen molar-refractivity contribution in [2.45, 2.75) is 76.7 Å². The summed E-state index contributed by atoms with van der Waals surface area (Å²) in [5, 5.41) is 18.7. The Morgan fingerprint density at radius 1 is 1.14 bits per heavy atom. The van der Waals surface area contributed by atoms with E-state index in [4.69, 9.17) is 4.74 Å². The lowest BCUT2D eigenvalue weighted by molar-refractivity contribution is -0.182. The number of rotatable bonds is 11. The summed E-state index contributed by atoms with van der Waals surface area (Å²) in [6.45, 7) is 2.14. The van der Waals surface area contributed by atoms with Gasteiger partial charge in [-0.15, -0.1) is 0 Å². The number of esters is 1. The molecule has 2 atom stereocenters. The Kier molecular flexibility index (Phi) is 7.35. The molecule has 2 N–H and O–H groups in total. The average molecular weight is 314 g/mol.